The summed E-state index contributed by atoms with van der Waals surface area (Å²) < 4.78 is 0. The van der Waals surface area contributed by atoms with E-state index in [-0.39, 0.29) is 0 Å². The molecule has 0 aromatic carbocycles. The molecule has 1 aliphatic carbocycles. The third-order valence-corrected chi connectivity index (χ3v) is 7.01. The Balaban J connectivity index is 0.00000102. The largest absolute Gasteiger partial charge is 0.400 e. The van der Waals surface area contributed by atoms with Crippen molar-refractivity contribution in [2.24, 2.45) is 5.41 Å². The number of aromatic nitrogens is 3. The van der Waals surface area contributed by atoms with Gasteiger partial charge in [-0.15, -0.1) is 0 Å². The molecule has 2 aromatic heterocycles. The van der Waals surface area contributed by atoms with Gasteiger partial charge >= 0.3 is 0 Å². The van der Waals surface area contributed by atoms with Crippen LogP contribution in [-0.4, -0.2) is 40.3 Å². The lowest BCUT2D eigenvalue weighted by Gasteiger charge is -2.39. The molecule has 1 saturated carbocycles. The fourth-order valence-electron chi connectivity index (χ4n) is 3.99. The monoisotopic (exact) mass is 407 g/mol. The lowest BCUT2D eigenvalue weighted by molar-refractivity contribution is 0.226. The van der Waals surface area contributed by atoms with Crippen LogP contribution in [0, 0.1) is 5.41 Å². The van der Waals surface area contributed by atoms with Crippen LogP contribution in [0.4, 0.5) is 11.6 Å². The van der Waals surface area contributed by atoms with Crippen LogP contribution < -0.4 is 10.6 Å². The summed E-state index contributed by atoms with van der Waals surface area (Å²) in [4.78, 5) is 16.4. The van der Waals surface area contributed by atoms with Gasteiger partial charge in [0.2, 0.25) is 0 Å². The van der Waals surface area contributed by atoms with Gasteiger partial charge in [0.05, 0.1) is 17.4 Å². The number of aliphatic hydroxyl groups excluding tert-OH is 1. The summed E-state index contributed by atoms with van der Waals surface area (Å²) in [6.45, 7) is 2.18. The molecule has 2 fully saturated rings. The lowest BCUT2D eigenvalue weighted by Crippen LogP contribution is -2.39. The normalized spacial score (nSPS) is 18.3. The molecule has 4 rings (SSSR count). The molecule has 1 aliphatic heterocycles. The van der Waals surface area contributed by atoms with E-state index in [1.54, 1.807) is 6.20 Å². The maximum absolute atomic E-state index is 7.00. The highest BCUT2D eigenvalue weighted by Crippen LogP contribution is 2.46. The van der Waals surface area contributed by atoms with E-state index in [0.717, 1.165) is 35.9 Å². The number of nitrogen functional groups attached to an aromatic ring is 1. The van der Waals surface area contributed by atoms with Crippen LogP contribution in [0.2, 0.25) is 5.02 Å². The summed E-state index contributed by atoms with van der Waals surface area (Å²) in [7, 11) is 1.00. The fraction of sp³-hybridized carbons (Fsp3) is 0.526. The van der Waals surface area contributed by atoms with Crippen LogP contribution in [0.15, 0.2) is 34.6 Å². The molecule has 2 aromatic rings. The van der Waals surface area contributed by atoms with Gasteiger partial charge in [-0.3, -0.25) is 0 Å². The third-order valence-electron chi connectivity index (χ3n) is 5.52. The van der Waals surface area contributed by atoms with Crippen molar-refractivity contribution in [1.29, 1.82) is 0 Å². The number of pyridine rings is 1. The molecule has 146 valence electrons. The van der Waals surface area contributed by atoms with E-state index in [9.17, 15) is 0 Å². The number of nitrogens with two attached hydrogens (primary N) is 1. The summed E-state index contributed by atoms with van der Waals surface area (Å²) >= 11 is 7.65. The zero-order chi connectivity index (χ0) is 19.3. The quantitative estimate of drug-likeness (QED) is 0.793. The molecule has 0 radical (unpaired) electrons. The molecule has 1 saturated heterocycles. The molecule has 3 heterocycles. The highest BCUT2D eigenvalue weighted by molar-refractivity contribution is 7.99. The molecular weight excluding hydrogens is 382 g/mol. The van der Waals surface area contributed by atoms with Gasteiger partial charge < -0.3 is 15.7 Å². The van der Waals surface area contributed by atoms with Gasteiger partial charge in [-0.05, 0) is 37.2 Å². The smallest absolute Gasteiger partial charge is 0.147 e. The maximum Gasteiger partial charge on any atom is 0.147 e. The minimum Gasteiger partial charge on any atom is -0.400 e. The molecule has 0 unspecified atom stereocenters. The lowest BCUT2D eigenvalue weighted by atomic mass is 9.77. The second kappa shape index (κ2) is 9.08. The summed E-state index contributed by atoms with van der Waals surface area (Å²) in [5.41, 5.74) is 6.37. The maximum atomic E-state index is 7.00. The van der Waals surface area contributed by atoms with Gasteiger partial charge in [0, 0.05) is 31.3 Å². The molecule has 3 N–H and O–H groups in total. The van der Waals surface area contributed by atoms with Gasteiger partial charge in [0.15, 0.2) is 0 Å². The molecule has 2 aliphatic rings. The average molecular weight is 408 g/mol. The van der Waals surface area contributed by atoms with Crippen LogP contribution in [0.25, 0.3) is 0 Å². The van der Waals surface area contributed by atoms with Crippen LogP contribution in [-0.2, 0) is 0 Å². The predicted octanol–water partition coefficient (Wildman–Crippen LogP) is 4.03. The average Bonchev–Trinajstić information content (AvgIpc) is 3.16. The van der Waals surface area contributed by atoms with Gasteiger partial charge in [0.25, 0.3) is 0 Å². The van der Waals surface area contributed by atoms with Crippen molar-refractivity contribution in [3.8, 4) is 0 Å². The predicted molar refractivity (Wildman–Crippen MR) is 110 cm³/mol. The van der Waals surface area contributed by atoms with Crippen molar-refractivity contribution >= 4 is 35.0 Å². The van der Waals surface area contributed by atoms with E-state index in [1.807, 2.05) is 18.5 Å². The molecular formula is C19H26ClN5OS. The van der Waals surface area contributed by atoms with Gasteiger partial charge in [-0.2, -0.15) is 0 Å². The van der Waals surface area contributed by atoms with E-state index in [2.05, 4.69) is 19.9 Å². The second-order valence-corrected chi connectivity index (χ2v) is 8.46. The molecule has 1 spiro atoms. The van der Waals surface area contributed by atoms with Crippen LogP contribution in [0.1, 0.15) is 38.5 Å². The van der Waals surface area contributed by atoms with E-state index >= 15 is 0 Å². The molecule has 8 heteroatoms. The Labute approximate surface area is 169 Å². The number of hydrogen-bond donors (Lipinski definition) is 2. The first-order chi connectivity index (χ1) is 13.2. The fourth-order valence-corrected chi connectivity index (χ4v) is 4.98. The number of nitrogens with zero attached hydrogens (tertiary/aromatic N) is 4. The summed E-state index contributed by atoms with van der Waals surface area (Å²) in [5.74, 6) is 1.31. The molecule has 27 heavy (non-hydrogen) atoms. The first-order valence-electron chi connectivity index (χ1n) is 9.25. The third kappa shape index (κ3) is 4.65. The van der Waals surface area contributed by atoms with E-state index < -0.39 is 0 Å². The highest BCUT2D eigenvalue weighted by atomic mass is 35.5. The number of halogens is 1. The number of aliphatic hydroxyl groups is 1. The van der Waals surface area contributed by atoms with Gasteiger partial charge in [0.1, 0.15) is 16.7 Å². The zero-order valence-corrected chi connectivity index (χ0v) is 17.1. The Morgan fingerprint density at radius 3 is 2.41 bits per heavy atom. The van der Waals surface area contributed by atoms with Crippen molar-refractivity contribution in [2.75, 3.05) is 30.8 Å². The van der Waals surface area contributed by atoms with Crippen molar-refractivity contribution in [3.63, 3.8) is 0 Å². The topological polar surface area (TPSA) is 88.2 Å². The van der Waals surface area contributed by atoms with Crippen molar-refractivity contribution in [3.05, 3.63) is 29.7 Å². The van der Waals surface area contributed by atoms with Crippen molar-refractivity contribution in [2.45, 2.75) is 48.4 Å². The Bertz CT molecular complexity index is 742. The van der Waals surface area contributed by atoms with Gasteiger partial charge in [-0.1, -0.05) is 36.2 Å². The van der Waals surface area contributed by atoms with E-state index in [4.69, 9.17) is 22.4 Å². The van der Waals surface area contributed by atoms with E-state index in [1.165, 1.54) is 50.3 Å². The SMILES string of the molecule is CO.Nc1nccc(Sc2cnc(N3CCC4(CCCC4)CC3)cn2)c1Cl. The molecule has 0 atom stereocenters. The number of piperidine rings is 1. The van der Waals surface area contributed by atoms with Crippen LogP contribution >= 0.6 is 23.4 Å². The summed E-state index contributed by atoms with van der Waals surface area (Å²) in [6.07, 6.45) is 13.6. The number of rotatable bonds is 3. The zero-order valence-electron chi connectivity index (χ0n) is 15.6. The second-order valence-electron chi connectivity index (χ2n) is 7.02. The minimum absolute atomic E-state index is 0.338. The first kappa shape index (κ1) is 20.2. The Morgan fingerprint density at radius 2 is 1.78 bits per heavy atom. The highest BCUT2D eigenvalue weighted by Gasteiger charge is 2.37. The Morgan fingerprint density at radius 1 is 1.07 bits per heavy atom. The summed E-state index contributed by atoms with van der Waals surface area (Å²) in [6, 6.07) is 1.84. The van der Waals surface area contributed by atoms with Crippen LogP contribution in [0.5, 0.6) is 0 Å². The Hall–Kier alpha value is -1.57. The Kier molecular flexibility index (Phi) is 6.78. The molecule has 0 bridgehead atoms. The summed E-state index contributed by atoms with van der Waals surface area (Å²) in [5, 5.41) is 8.27. The number of anilines is 2. The first-order valence-corrected chi connectivity index (χ1v) is 10.4. The molecule has 6 nitrogen and oxygen atoms in total. The standard InChI is InChI=1S/C18H22ClN5S.CH4O/c19-16-13(3-8-21-17(16)20)25-15-12-22-14(11-23-15)24-9-6-18(7-10-24)4-1-2-5-18;1-2/h3,8,11-12H,1-2,4-7,9-10H2,(H2,20,21);2H,1H3. The minimum atomic E-state index is 0.338. The number of hydrogen-bond acceptors (Lipinski definition) is 7. The van der Waals surface area contributed by atoms with Crippen LogP contribution in [0.3, 0.4) is 0 Å². The van der Waals surface area contributed by atoms with Crippen molar-refractivity contribution in [1.82, 2.24) is 15.0 Å². The molecule has 0 amide bonds. The van der Waals surface area contributed by atoms with Crippen molar-refractivity contribution < 1.29 is 5.11 Å². The van der Waals surface area contributed by atoms with E-state index in [0.29, 0.717) is 16.3 Å². The van der Waals surface area contributed by atoms with Gasteiger partial charge in [-0.25, -0.2) is 15.0 Å².